The average molecular weight is 342 g/mol. The molecular weight excluding hydrogens is 335 g/mol. The van der Waals surface area contributed by atoms with Gasteiger partial charge in [-0.3, -0.25) is 0 Å². The van der Waals surface area contributed by atoms with Crippen LogP contribution in [0.3, 0.4) is 0 Å². The molecule has 0 atom stereocenters. The van der Waals surface area contributed by atoms with Crippen molar-refractivity contribution in [1.82, 2.24) is 0 Å². The quantitative estimate of drug-likeness (QED) is 0.758. The number of halogens is 4. The molecule has 102 valence electrons. The third kappa shape index (κ3) is 3.31. The molecule has 2 aromatic carbocycles. The summed E-state index contributed by atoms with van der Waals surface area (Å²) in [6.45, 7) is 0. The Morgan fingerprint density at radius 3 is 2.25 bits per heavy atom. The molecule has 0 heterocycles. The third-order valence-electron chi connectivity index (χ3n) is 2.47. The van der Waals surface area contributed by atoms with Crippen LogP contribution in [-0.4, -0.2) is 0 Å². The number of ether oxygens (including phenoxy) is 1. The van der Waals surface area contributed by atoms with Gasteiger partial charge in [0.05, 0.1) is 11.1 Å². The number of benzene rings is 2. The fraction of sp³-hybridized carbons (Fsp3) is 0.0714. The zero-order valence-corrected chi connectivity index (χ0v) is 11.5. The Balaban J connectivity index is 2.25. The van der Waals surface area contributed by atoms with Gasteiger partial charge in [-0.25, -0.2) is 0 Å². The lowest BCUT2D eigenvalue weighted by molar-refractivity contribution is -0.137. The van der Waals surface area contributed by atoms with E-state index in [1.165, 1.54) is 12.1 Å². The molecule has 2 aromatic rings. The molecule has 0 aliphatic carbocycles. The minimum absolute atomic E-state index is 0.233. The molecule has 0 aliphatic heterocycles. The molecule has 0 amide bonds. The highest BCUT2D eigenvalue weighted by atomic mass is 79.9. The van der Waals surface area contributed by atoms with E-state index in [1.54, 1.807) is 18.2 Å². The summed E-state index contributed by atoms with van der Waals surface area (Å²) in [5, 5.41) is 8.97. The van der Waals surface area contributed by atoms with Crippen molar-refractivity contribution in [3.05, 3.63) is 58.1 Å². The molecular formula is C14H7BrF3NO. The Labute approximate surface area is 121 Å². The minimum atomic E-state index is -4.38. The lowest BCUT2D eigenvalue weighted by atomic mass is 10.2. The number of nitrogens with zero attached hydrogens (tertiary/aromatic N) is 1. The van der Waals surface area contributed by atoms with Gasteiger partial charge < -0.3 is 4.74 Å². The van der Waals surface area contributed by atoms with E-state index in [0.29, 0.717) is 10.0 Å². The summed E-state index contributed by atoms with van der Waals surface area (Å²) < 4.78 is 43.4. The molecule has 2 nitrogen and oxygen atoms in total. The van der Waals surface area contributed by atoms with Crippen molar-refractivity contribution in [2.24, 2.45) is 0 Å². The van der Waals surface area contributed by atoms with Gasteiger partial charge in [0.2, 0.25) is 0 Å². The van der Waals surface area contributed by atoms with Gasteiger partial charge in [-0.1, -0.05) is 15.9 Å². The van der Waals surface area contributed by atoms with Crippen LogP contribution < -0.4 is 4.74 Å². The predicted octanol–water partition coefficient (Wildman–Crippen LogP) is 5.13. The summed E-state index contributed by atoms with van der Waals surface area (Å²) in [4.78, 5) is 0. The fourth-order valence-corrected chi connectivity index (χ4v) is 1.88. The van der Waals surface area contributed by atoms with Crippen LogP contribution in [0.1, 0.15) is 11.1 Å². The maximum atomic E-state index is 12.4. The Kier molecular flexibility index (Phi) is 4.00. The van der Waals surface area contributed by atoms with E-state index < -0.39 is 11.7 Å². The lowest BCUT2D eigenvalue weighted by Crippen LogP contribution is -2.04. The molecule has 2 rings (SSSR count). The molecule has 0 spiro atoms. The molecule has 0 radical (unpaired) electrons. The van der Waals surface area contributed by atoms with Crippen molar-refractivity contribution in [2.45, 2.75) is 6.18 Å². The monoisotopic (exact) mass is 341 g/mol. The Hall–Kier alpha value is -2.00. The zero-order valence-electron chi connectivity index (χ0n) is 9.91. The second-order valence-corrected chi connectivity index (χ2v) is 4.79. The van der Waals surface area contributed by atoms with E-state index in [-0.39, 0.29) is 11.5 Å². The molecule has 0 fully saturated rings. The van der Waals surface area contributed by atoms with Crippen LogP contribution >= 0.6 is 15.9 Å². The predicted molar refractivity (Wildman–Crippen MR) is 70.4 cm³/mol. The van der Waals surface area contributed by atoms with Crippen LogP contribution in [0, 0.1) is 11.3 Å². The van der Waals surface area contributed by atoms with E-state index in [0.717, 1.165) is 12.1 Å². The largest absolute Gasteiger partial charge is 0.456 e. The summed E-state index contributed by atoms with van der Waals surface area (Å²) >= 11 is 3.22. The first kappa shape index (κ1) is 14.4. The zero-order chi connectivity index (χ0) is 14.8. The van der Waals surface area contributed by atoms with Crippen molar-refractivity contribution in [3.63, 3.8) is 0 Å². The van der Waals surface area contributed by atoms with E-state index in [4.69, 9.17) is 10.00 Å². The van der Waals surface area contributed by atoms with E-state index in [1.807, 2.05) is 6.07 Å². The van der Waals surface area contributed by atoms with Crippen LogP contribution in [0.2, 0.25) is 0 Å². The van der Waals surface area contributed by atoms with Gasteiger partial charge in [0.15, 0.2) is 0 Å². The average Bonchev–Trinajstić information content (AvgIpc) is 2.40. The normalized spacial score (nSPS) is 10.9. The van der Waals surface area contributed by atoms with Crippen molar-refractivity contribution >= 4 is 15.9 Å². The first-order chi connectivity index (χ1) is 9.40. The fourth-order valence-electron chi connectivity index (χ4n) is 1.52. The van der Waals surface area contributed by atoms with Crippen molar-refractivity contribution in [1.29, 1.82) is 5.26 Å². The topological polar surface area (TPSA) is 33.0 Å². The molecule has 6 heteroatoms. The summed E-state index contributed by atoms with van der Waals surface area (Å²) in [6.07, 6.45) is -4.38. The van der Waals surface area contributed by atoms with Gasteiger partial charge in [-0.15, -0.1) is 0 Å². The van der Waals surface area contributed by atoms with Gasteiger partial charge in [-0.2, -0.15) is 18.4 Å². The lowest BCUT2D eigenvalue weighted by Gasteiger charge is -2.10. The minimum Gasteiger partial charge on any atom is -0.456 e. The van der Waals surface area contributed by atoms with Crippen LogP contribution in [0.4, 0.5) is 13.2 Å². The summed E-state index contributed by atoms with van der Waals surface area (Å²) in [5.41, 5.74) is -0.458. The van der Waals surface area contributed by atoms with Crippen LogP contribution in [0.5, 0.6) is 11.5 Å². The third-order valence-corrected chi connectivity index (χ3v) is 2.96. The summed E-state index contributed by atoms with van der Waals surface area (Å²) in [6, 6.07) is 11.1. The SMILES string of the molecule is N#Cc1cc(Br)ccc1Oc1ccc(C(F)(F)F)cc1. The van der Waals surface area contributed by atoms with Gasteiger partial charge in [0.1, 0.15) is 17.6 Å². The Morgan fingerprint density at radius 1 is 1.05 bits per heavy atom. The van der Waals surface area contributed by atoms with Crippen LogP contribution in [0.15, 0.2) is 46.9 Å². The maximum Gasteiger partial charge on any atom is 0.416 e. The Bertz CT molecular complexity index is 660. The standard InChI is InChI=1S/C14H7BrF3NO/c15-11-3-6-13(9(7-11)8-19)20-12-4-1-10(2-5-12)14(16,17)18/h1-7H. The highest BCUT2D eigenvalue weighted by molar-refractivity contribution is 9.10. The number of hydrogen-bond acceptors (Lipinski definition) is 2. The number of alkyl halides is 3. The van der Waals surface area contributed by atoms with Crippen LogP contribution in [-0.2, 0) is 6.18 Å². The molecule has 20 heavy (non-hydrogen) atoms. The molecule has 0 aliphatic rings. The highest BCUT2D eigenvalue weighted by Gasteiger charge is 2.30. The summed E-state index contributed by atoms with van der Waals surface area (Å²) in [5.74, 6) is 0.521. The Morgan fingerprint density at radius 2 is 1.70 bits per heavy atom. The maximum absolute atomic E-state index is 12.4. The first-order valence-corrected chi connectivity index (χ1v) is 6.24. The number of nitriles is 1. The molecule has 0 bridgehead atoms. The smallest absolute Gasteiger partial charge is 0.416 e. The number of rotatable bonds is 2. The number of hydrogen-bond donors (Lipinski definition) is 0. The second kappa shape index (κ2) is 5.55. The van der Waals surface area contributed by atoms with E-state index in [2.05, 4.69) is 15.9 Å². The highest BCUT2D eigenvalue weighted by Crippen LogP contribution is 2.32. The van der Waals surface area contributed by atoms with Crippen molar-refractivity contribution in [3.8, 4) is 17.6 Å². The molecule has 0 aromatic heterocycles. The molecule has 0 saturated heterocycles. The summed E-state index contributed by atoms with van der Waals surface area (Å²) in [7, 11) is 0. The molecule has 0 N–H and O–H groups in total. The van der Waals surface area contributed by atoms with E-state index in [9.17, 15) is 13.2 Å². The van der Waals surface area contributed by atoms with Gasteiger partial charge in [0, 0.05) is 4.47 Å². The van der Waals surface area contributed by atoms with Gasteiger partial charge in [0.25, 0.3) is 0 Å². The van der Waals surface area contributed by atoms with E-state index >= 15 is 0 Å². The van der Waals surface area contributed by atoms with Crippen molar-refractivity contribution < 1.29 is 17.9 Å². The van der Waals surface area contributed by atoms with Crippen LogP contribution in [0.25, 0.3) is 0 Å². The van der Waals surface area contributed by atoms with Gasteiger partial charge >= 0.3 is 6.18 Å². The van der Waals surface area contributed by atoms with Crippen molar-refractivity contribution in [2.75, 3.05) is 0 Å². The molecule has 0 saturated carbocycles. The first-order valence-electron chi connectivity index (χ1n) is 5.45. The van der Waals surface area contributed by atoms with Gasteiger partial charge in [-0.05, 0) is 42.5 Å². The molecule has 0 unspecified atom stereocenters. The second-order valence-electron chi connectivity index (χ2n) is 3.88.